The lowest BCUT2D eigenvalue weighted by molar-refractivity contribution is -0.173. The summed E-state index contributed by atoms with van der Waals surface area (Å²) in [4.78, 5) is 59.4. The molecule has 3 fully saturated rings. The Morgan fingerprint density at radius 2 is 1.62 bits per heavy atom. The number of nitrogens with zero attached hydrogens (tertiary/aromatic N) is 3. The molecule has 3 heterocycles. The van der Waals surface area contributed by atoms with Crippen molar-refractivity contribution >= 4 is 64.2 Å². The number of allylic oxidation sites excluding steroid dienone is 2. The number of hydrazine groups is 1. The second-order valence-electron chi connectivity index (χ2n) is 12.1. The zero-order valence-corrected chi connectivity index (χ0v) is 26.5. The van der Waals surface area contributed by atoms with E-state index in [1.807, 2.05) is 0 Å². The van der Waals surface area contributed by atoms with Gasteiger partial charge in [0, 0.05) is 22.2 Å². The summed E-state index contributed by atoms with van der Waals surface area (Å²) < 4.78 is 40.0. The largest absolute Gasteiger partial charge is 0.508 e. The number of hydrogen-bond acceptors (Lipinski definition) is 8. The van der Waals surface area contributed by atoms with Crippen molar-refractivity contribution in [1.29, 1.82) is 0 Å². The van der Waals surface area contributed by atoms with Crippen LogP contribution in [0, 0.1) is 23.7 Å². The monoisotopic (exact) mass is 720 g/mol. The molecule has 7 rings (SSSR count). The Balaban J connectivity index is 1.45. The van der Waals surface area contributed by atoms with Crippen LogP contribution in [0.25, 0.3) is 0 Å². The number of carbonyl (C=O) groups is 4. The molecular weight excluding hydrogens is 700 g/mol. The van der Waals surface area contributed by atoms with Gasteiger partial charge in [0.25, 0.3) is 23.6 Å². The summed E-state index contributed by atoms with van der Waals surface area (Å²) in [5.74, 6) is -8.97. The first-order valence-corrected chi connectivity index (χ1v) is 15.7. The van der Waals surface area contributed by atoms with Crippen LogP contribution in [0.4, 0.5) is 19.0 Å². The van der Waals surface area contributed by atoms with Crippen molar-refractivity contribution in [1.82, 2.24) is 15.1 Å². The van der Waals surface area contributed by atoms with Crippen molar-refractivity contribution in [2.45, 2.75) is 30.4 Å². The third-order valence-electron chi connectivity index (χ3n) is 9.83. The van der Waals surface area contributed by atoms with Crippen LogP contribution < -0.4 is 5.43 Å². The van der Waals surface area contributed by atoms with Gasteiger partial charge in [0.05, 0.1) is 33.8 Å². The van der Waals surface area contributed by atoms with E-state index in [0.717, 1.165) is 0 Å². The van der Waals surface area contributed by atoms with E-state index in [2.05, 4.69) is 10.4 Å². The minimum absolute atomic E-state index is 0.0347. The Kier molecular flexibility index (Phi) is 7.55. The number of benzene rings is 2. The Labute approximate surface area is 284 Å². The number of aromatic nitrogens is 1. The first-order chi connectivity index (χ1) is 22.7. The summed E-state index contributed by atoms with van der Waals surface area (Å²) in [5, 5.41) is 21.1. The van der Waals surface area contributed by atoms with Gasteiger partial charge in [-0.05, 0) is 60.2 Å². The topological polar surface area (TPSA) is 140 Å². The van der Waals surface area contributed by atoms with Crippen LogP contribution in [0.5, 0.6) is 5.75 Å². The maximum Gasteiger partial charge on any atom is 0.417 e. The van der Waals surface area contributed by atoms with Crippen LogP contribution in [0.2, 0.25) is 15.1 Å². The lowest BCUT2D eigenvalue weighted by Crippen LogP contribution is -2.53. The second kappa shape index (κ2) is 11.2. The molecule has 2 aliphatic carbocycles. The highest BCUT2D eigenvalue weighted by atomic mass is 35.5. The lowest BCUT2D eigenvalue weighted by atomic mass is 9.49. The molecule has 0 radical (unpaired) electrons. The first kappa shape index (κ1) is 32.4. The van der Waals surface area contributed by atoms with Crippen LogP contribution >= 0.6 is 34.8 Å². The Bertz CT molecular complexity index is 1960. The molecule has 248 valence electrons. The number of fused-ring (bicyclic) bond motifs is 4. The van der Waals surface area contributed by atoms with E-state index in [1.165, 1.54) is 30.3 Å². The van der Waals surface area contributed by atoms with E-state index in [1.54, 1.807) is 18.2 Å². The Morgan fingerprint density at radius 1 is 0.917 bits per heavy atom. The van der Waals surface area contributed by atoms with Gasteiger partial charge in [0.15, 0.2) is 5.82 Å². The third-order valence-corrected chi connectivity index (χ3v) is 10.7. The minimum Gasteiger partial charge on any atom is -0.508 e. The molecule has 4 amide bonds. The highest BCUT2D eigenvalue weighted by Gasteiger charge is 2.70. The number of phenols is 1. The summed E-state index contributed by atoms with van der Waals surface area (Å²) in [6.45, 7) is 0. The number of aromatic hydroxyl groups is 1. The predicted octanol–water partition coefficient (Wildman–Crippen LogP) is 6.14. The van der Waals surface area contributed by atoms with Crippen molar-refractivity contribution in [3.8, 4) is 5.75 Å². The Hall–Kier alpha value is -4.17. The van der Waals surface area contributed by atoms with Crippen molar-refractivity contribution in [2.75, 3.05) is 5.43 Å². The molecule has 0 spiro atoms. The fraction of sp³-hybridized carbons (Fsp3) is 0.281. The molecule has 16 heteroatoms. The number of phenolic OH excluding ortho intramolecular Hbond substituents is 1. The fourth-order valence-corrected chi connectivity index (χ4v) is 8.48. The molecule has 0 bridgehead atoms. The molecule has 2 saturated heterocycles. The zero-order chi connectivity index (χ0) is 34.4. The second-order valence-corrected chi connectivity index (χ2v) is 13.4. The van der Waals surface area contributed by atoms with Gasteiger partial charge >= 0.3 is 6.18 Å². The van der Waals surface area contributed by atoms with Crippen LogP contribution in [-0.2, 0) is 30.8 Å². The minimum atomic E-state index is -4.76. The van der Waals surface area contributed by atoms with Crippen molar-refractivity contribution in [2.24, 2.45) is 23.7 Å². The molecule has 1 aromatic heterocycles. The van der Waals surface area contributed by atoms with Crippen molar-refractivity contribution in [3.63, 3.8) is 0 Å². The van der Waals surface area contributed by atoms with Gasteiger partial charge in [-0.2, -0.15) is 23.2 Å². The molecule has 4 aliphatic rings. The highest BCUT2D eigenvalue weighted by molar-refractivity contribution is 6.33. The number of rotatable bonds is 4. The summed E-state index contributed by atoms with van der Waals surface area (Å²) >= 11 is 19.1. The van der Waals surface area contributed by atoms with E-state index in [9.17, 15) is 37.9 Å². The fourth-order valence-electron chi connectivity index (χ4n) is 7.86. The Morgan fingerprint density at radius 3 is 2.27 bits per heavy atom. The molecule has 1 saturated carbocycles. The van der Waals surface area contributed by atoms with Crippen LogP contribution in [0.15, 0.2) is 66.4 Å². The summed E-state index contributed by atoms with van der Waals surface area (Å²) in [5.41, 5.74) is 0.747. The molecular formula is C32H22Cl3F3N4O6. The van der Waals surface area contributed by atoms with Gasteiger partial charge in [-0.3, -0.25) is 29.8 Å². The van der Waals surface area contributed by atoms with E-state index < -0.39 is 81.2 Å². The average Bonchev–Trinajstić information content (AvgIpc) is 3.38. The highest BCUT2D eigenvalue weighted by Crippen LogP contribution is 2.64. The lowest BCUT2D eigenvalue weighted by Gasteiger charge is -2.50. The number of carbonyl (C=O) groups excluding carboxylic acids is 4. The molecule has 0 unspecified atom stereocenters. The number of amides is 4. The maximum atomic E-state index is 15.0. The molecule has 3 aromatic rings. The standard InChI is InChI=1S/C32H22Cl3F3N4O6/c33-15-3-1-13(2-4-15)31-21(28(45)41(30(31)47)40-26-23(35)9-14(12-39-26)32(36,37)38)11-20-17(25(31)18-6-5-16(43)10-22(18)34)7-8-19-24(20)29(46)42(48)27(19)44/h1-7,9-10,12,19-21,24-25,43,48H,8,11H2,(H,39,40)/t19-,20+,21-,24-,25+,31+/m0/s1. The van der Waals surface area contributed by atoms with Crippen LogP contribution in [-0.4, -0.2) is 49.0 Å². The van der Waals surface area contributed by atoms with E-state index in [-0.39, 0.29) is 28.7 Å². The van der Waals surface area contributed by atoms with Crippen molar-refractivity contribution in [3.05, 3.63) is 98.1 Å². The number of hydrogen-bond donors (Lipinski definition) is 3. The first-order valence-electron chi connectivity index (χ1n) is 14.5. The van der Waals surface area contributed by atoms with E-state index >= 15 is 4.79 Å². The number of alkyl halides is 3. The quantitative estimate of drug-likeness (QED) is 0.166. The third kappa shape index (κ3) is 4.62. The normalized spacial score (nSPS) is 28.3. The summed E-state index contributed by atoms with van der Waals surface area (Å²) in [6, 6.07) is 10.9. The van der Waals surface area contributed by atoms with Crippen LogP contribution in [0.3, 0.4) is 0 Å². The predicted molar refractivity (Wildman–Crippen MR) is 164 cm³/mol. The van der Waals surface area contributed by atoms with Gasteiger partial charge in [0.1, 0.15) is 5.75 Å². The molecule has 10 nitrogen and oxygen atoms in total. The van der Waals surface area contributed by atoms with E-state index in [4.69, 9.17) is 34.8 Å². The number of anilines is 1. The van der Waals surface area contributed by atoms with Gasteiger partial charge in [0.2, 0.25) is 0 Å². The summed E-state index contributed by atoms with van der Waals surface area (Å²) in [6.07, 6.45) is -2.63. The smallest absolute Gasteiger partial charge is 0.417 e. The van der Waals surface area contributed by atoms with Crippen molar-refractivity contribution < 1.29 is 42.7 Å². The number of nitrogens with one attached hydrogen (secondary N) is 1. The molecule has 2 aliphatic heterocycles. The molecule has 3 N–H and O–H groups in total. The zero-order valence-electron chi connectivity index (χ0n) is 24.2. The summed E-state index contributed by atoms with van der Waals surface area (Å²) in [7, 11) is 0. The average molecular weight is 722 g/mol. The SMILES string of the molecule is O=C1[C@H]2[C@H](CC=C3[C@H]2C[C@H]2C(=O)N(Nc4ncc(C(F)(F)F)cc4Cl)C(=O)[C@@]2(c2ccc(Cl)cc2)[C@H]3c2ccc(O)cc2Cl)C(=O)N1O. The number of halogens is 6. The number of hydroxylamine groups is 2. The number of pyridine rings is 1. The maximum absolute atomic E-state index is 15.0. The van der Waals surface area contributed by atoms with E-state index in [0.29, 0.717) is 39.0 Å². The van der Waals surface area contributed by atoms with Gasteiger partial charge in [-0.1, -0.05) is 64.7 Å². The van der Waals surface area contributed by atoms with Gasteiger partial charge in [-0.15, -0.1) is 0 Å². The number of imide groups is 2. The van der Waals surface area contributed by atoms with Gasteiger partial charge < -0.3 is 5.11 Å². The van der Waals surface area contributed by atoms with Crippen LogP contribution in [0.1, 0.15) is 35.4 Å². The molecule has 6 atom stereocenters. The molecule has 48 heavy (non-hydrogen) atoms. The molecule has 2 aromatic carbocycles. The van der Waals surface area contributed by atoms with Gasteiger partial charge in [-0.25, -0.2) is 4.98 Å².